The molecule has 0 unspecified atom stereocenters. The molecule has 0 fully saturated rings. The zero-order valence-corrected chi connectivity index (χ0v) is 12.4. The van der Waals surface area contributed by atoms with E-state index in [0.29, 0.717) is 12.2 Å². The Morgan fingerprint density at radius 2 is 1.79 bits per heavy atom. The first-order chi connectivity index (χ1) is 9.24. The second kappa shape index (κ2) is 9.85. The summed E-state index contributed by atoms with van der Waals surface area (Å²) in [6.07, 6.45) is 6.77. The van der Waals surface area contributed by atoms with Gasteiger partial charge in [0, 0.05) is 5.88 Å². The van der Waals surface area contributed by atoms with E-state index in [1.54, 1.807) is 6.07 Å². The van der Waals surface area contributed by atoms with Crippen LogP contribution in [0.4, 0.5) is 0 Å². The van der Waals surface area contributed by atoms with Crippen molar-refractivity contribution in [2.75, 3.05) is 12.5 Å². The van der Waals surface area contributed by atoms with Crippen molar-refractivity contribution < 1.29 is 9.53 Å². The largest absolute Gasteiger partial charge is 0.462 e. The second-order valence-electron chi connectivity index (χ2n) is 4.82. The maximum atomic E-state index is 11.7. The molecule has 0 aromatic heterocycles. The number of halogens is 1. The number of hydrogen-bond acceptors (Lipinski definition) is 2. The Bertz CT molecular complexity index is 377. The van der Waals surface area contributed by atoms with E-state index in [2.05, 4.69) is 0 Å². The van der Waals surface area contributed by atoms with E-state index in [0.717, 1.165) is 30.7 Å². The SMILES string of the molecule is Cc1cccc(C(=O)OCCCCCCCCCl)c1. The molecule has 0 aliphatic carbocycles. The van der Waals surface area contributed by atoms with Gasteiger partial charge in [-0.1, -0.05) is 43.4 Å². The smallest absolute Gasteiger partial charge is 0.338 e. The zero-order valence-electron chi connectivity index (χ0n) is 11.7. The monoisotopic (exact) mass is 282 g/mol. The summed E-state index contributed by atoms with van der Waals surface area (Å²) in [6, 6.07) is 7.50. The molecule has 0 aliphatic rings. The number of benzene rings is 1. The molecule has 0 bridgehead atoms. The van der Waals surface area contributed by atoms with Crippen molar-refractivity contribution in [1.82, 2.24) is 0 Å². The minimum Gasteiger partial charge on any atom is -0.462 e. The lowest BCUT2D eigenvalue weighted by Crippen LogP contribution is -2.06. The maximum absolute atomic E-state index is 11.7. The molecular weight excluding hydrogens is 260 g/mol. The lowest BCUT2D eigenvalue weighted by Gasteiger charge is -2.05. The Labute approximate surface area is 121 Å². The third-order valence-electron chi connectivity index (χ3n) is 3.01. The highest BCUT2D eigenvalue weighted by atomic mass is 35.5. The van der Waals surface area contributed by atoms with Crippen molar-refractivity contribution in [3.8, 4) is 0 Å². The Kier molecular flexibility index (Phi) is 8.31. The van der Waals surface area contributed by atoms with Gasteiger partial charge in [-0.05, 0) is 31.9 Å². The Morgan fingerprint density at radius 1 is 1.11 bits per heavy atom. The van der Waals surface area contributed by atoms with Gasteiger partial charge in [-0.15, -0.1) is 11.6 Å². The number of hydrogen-bond donors (Lipinski definition) is 0. The molecule has 1 aromatic rings. The Balaban J connectivity index is 2.08. The predicted octanol–water partition coefficient (Wildman–Crippen LogP) is 4.73. The molecule has 3 heteroatoms. The van der Waals surface area contributed by atoms with Gasteiger partial charge in [-0.3, -0.25) is 0 Å². The molecule has 19 heavy (non-hydrogen) atoms. The molecule has 0 saturated carbocycles. The van der Waals surface area contributed by atoms with Crippen LogP contribution in [0.3, 0.4) is 0 Å². The van der Waals surface area contributed by atoms with Gasteiger partial charge >= 0.3 is 5.97 Å². The lowest BCUT2D eigenvalue weighted by molar-refractivity contribution is 0.0497. The Morgan fingerprint density at radius 3 is 2.47 bits per heavy atom. The van der Waals surface area contributed by atoms with Gasteiger partial charge in [0.1, 0.15) is 0 Å². The first kappa shape index (κ1) is 16.0. The molecule has 2 nitrogen and oxygen atoms in total. The molecule has 106 valence electrons. The molecule has 0 heterocycles. The molecule has 1 aromatic carbocycles. The minimum absolute atomic E-state index is 0.217. The van der Waals surface area contributed by atoms with Crippen LogP contribution in [0.25, 0.3) is 0 Å². The highest BCUT2D eigenvalue weighted by molar-refractivity contribution is 6.17. The lowest BCUT2D eigenvalue weighted by atomic mass is 10.1. The standard InChI is InChI=1S/C16H23ClO2/c1-14-9-8-10-15(13-14)16(18)19-12-7-5-3-2-4-6-11-17/h8-10,13H,2-7,11-12H2,1H3. The quantitative estimate of drug-likeness (QED) is 0.372. The van der Waals surface area contributed by atoms with Crippen LogP contribution >= 0.6 is 11.6 Å². The number of aryl methyl sites for hydroxylation is 1. The molecule has 0 radical (unpaired) electrons. The van der Waals surface area contributed by atoms with E-state index in [9.17, 15) is 4.79 Å². The molecule has 0 spiro atoms. The fourth-order valence-electron chi connectivity index (χ4n) is 1.92. The molecule has 1 rings (SSSR count). The van der Waals surface area contributed by atoms with Crippen molar-refractivity contribution in [2.45, 2.75) is 45.4 Å². The van der Waals surface area contributed by atoms with Gasteiger partial charge in [-0.2, -0.15) is 0 Å². The molecule has 0 aliphatic heterocycles. The average Bonchev–Trinajstić information content (AvgIpc) is 2.41. The fraction of sp³-hybridized carbons (Fsp3) is 0.562. The summed E-state index contributed by atoms with van der Waals surface area (Å²) in [7, 11) is 0. The van der Waals surface area contributed by atoms with Gasteiger partial charge in [0.2, 0.25) is 0 Å². The van der Waals surface area contributed by atoms with E-state index < -0.39 is 0 Å². The molecular formula is C16H23ClO2. The molecule has 0 amide bonds. The first-order valence-electron chi connectivity index (χ1n) is 7.04. The number of ether oxygens (including phenoxy) is 1. The number of unbranched alkanes of at least 4 members (excludes halogenated alkanes) is 5. The van der Waals surface area contributed by atoms with Crippen molar-refractivity contribution in [2.24, 2.45) is 0 Å². The number of rotatable bonds is 9. The normalized spacial score (nSPS) is 10.4. The number of carbonyl (C=O) groups excluding carboxylic acids is 1. The summed E-state index contributed by atoms with van der Waals surface area (Å²) in [4.78, 5) is 11.7. The average molecular weight is 283 g/mol. The van der Waals surface area contributed by atoms with E-state index >= 15 is 0 Å². The topological polar surface area (TPSA) is 26.3 Å². The van der Waals surface area contributed by atoms with Crippen LogP contribution in [0, 0.1) is 6.92 Å². The second-order valence-corrected chi connectivity index (χ2v) is 5.19. The third-order valence-corrected chi connectivity index (χ3v) is 3.28. The van der Waals surface area contributed by atoms with Crippen LogP contribution in [0.15, 0.2) is 24.3 Å². The third kappa shape index (κ3) is 7.22. The van der Waals surface area contributed by atoms with Crippen molar-refractivity contribution in [3.05, 3.63) is 35.4 Å². The molecule has 0 atom stereocenters. The van der Waals surface area contributed by atoms with Crippen LogP contribution < -0.4 is 0 Å². The maximum Gasteiger partial charge on any atom is 0.338 e. The summed E-state index contributed by atoms with van der Waals surface area (Å²) >= 11 is 5.61. The summed E-state index contributed by atoms with van der Waals surface area (Å²) in [5.74, 6) is 0.541. The Hall–Kier alpha value is -1.02. The summed E-state index contributed by atoms with van der Waals surface area (Å²) in [6.45, 7) is 2.49. The molecule has 0 saturated heterocycles. The van der Waals surface area contributed by atoms with Gasteiger partial charge in [-0.25, -0.2) is 4.79 Å². The van der Waals surface area contributed by atoms with Crippen LogP contribution in [-0.4, -0.2) is 18.5 Å². The summed E-state index contributed by atoms with van der Waals surface area (Å²) < 4.78 is 5.25. The van der Waals surface area contributed by atoms with E-state index in [4.69, 9.17) is 16.3 Å². The van der Waals surface area contributed by atoms with Crippen molar-refractivity contribution in [1.29, 1.82) is 0 Å². The van der Waals surface area contributed by atoms with Gasteiger partial charge in [0.25, 0.3) is 0 Å². The van der Waals surface area contributed by atoms with Gasteiger partial charge < -0.3 is 4.74 Å². The van der Waals surface area contributed by atoms with E-state index in [1.807, 2.05) is 25.1 Å². The minimum atomic E-state index is -0.217. The van der Waals surface area contributed by atoms with Crippen molar-refractivity contribution >= 4 is 17.6 Å². The fourth-order valence-corrected chi connectivity index (χ4v) is 2.11. The van der Waals surface area contributed by atoms with Crippen molar-refractivity contribution in [3.63, 3.8) is 0 Å². The van der Waals surface area contributed by atoms with Crippen LogP contribution in [0.5, 0.6) is 0 Å². The number of carbonyl (C=O) groups is 1. The first-order valence-corrected chi connectivity index (χ1v) is 7.57. The summed E-state index contributed by atoms with van der Waals surface area (Å²) in [5.41, 5.74) is 1.72. The van der Waals surface area contributed by atoms with Crippen LogP contribution in [-0.2, 0) is 4.74 Å². The highest BCUT2D eigenvalue weighted by Gasteiger charge is 2.06. The highest BCUT2D eigenvalue weighted by Crippen LogP contribution is 2.08. The van der Waals surface area contributed by atoms with Gasteiger partial charge in [0.15, 0.2) is 0 Å². The predicted molar refractivity (Wildman–Crippen MR) is 79.9 cm³/mol. The van der Waals surface area contributed by atoms with E-state index in [1.165, 1.54) is 19.3 Å². The van der Waals surface area contributed by atoms with Crippen LogP contribution in [0.2, 0.25) is 0 Å². The van der Waals surface area contributed by atoms with Crippen LogP contribution in [0.1, 0.15) is 54.4 Å². The number of alkyl halides is 1. The zero-order chi connectivity index (χ0) is 13.9. The molecule has 0 N–H and O–H groups in total. The summed E-state index contributed by atoms with van der Waals surface area (Å²) in [5, 5.41) is 0. The number of esters is 1. The van der Waals surface area contributed by atoms with Gasteiger partial charge in [0.05, 0.1) is 12.2 Å². The van der Waals surface area contributed by atoms with E-state index in [-0.39, 0.29) is 5.97 Å².